The van der Waals surface area contributed by atoms with E-state index in [2.05, 4.69) is 34.0 Å². The van der Waals surface area contributed by atoms with Crippen molar-refractivity contribution in [2.24, 2.45) is 5.92 Å². The van der Waals surface area contributed by atoms with Gasteiger partial charge in [0.1, 0.15) is 5.69 Å². The van der Waals surface area contributed by atoms with E-state index < -0.39 is 0 Å². The first-order chi connectivity index (χ1) is 13.1. The van der Waals surface area contributed by atoms with Gasteiger partial charge in [-0.3, -0.25) is 14.7 Å². The second-order valence-corrected chi connectivity index (χ2v) is 8.48. The summed E-state index contributed by atoms with van der Waals surface area (Å²) < 4.78 is 6.05. The largest absolute Gasteiger partial charge is 0.375 e. The zero-order valence-corrected chi connectivity index (χ0v) is 16.4. The molecule has 1 N–H and O–H groups in total. The van der Waals surface area contributed by atoms with Gasteiger partial charge in [0.2, 0.25) is 0 Å². The molecule has 0 saturated carbocycles. The third-order valence-corrected chi connectivity index (χ3v) is 6.22. The summed E-state index contributed by atoms with van der Waals surface area (Å²) in [5.41, 5.74) is 0.441. The van der Waals surface area contributed by atoms with Gasteiger partial charge in [-0.1, -0.05) is 13.8 Å². The van der Waals surface area contributed by atoms with E-state index in [1.54, 1.807) is 18.6 Å². The molecule has 4 heterocycles. The van der Waals surface area contributed by atoms with Crippen LogP contribution >= 0.6 is 0 Å². The number of carbonyl (C=O) groups is 1. The van der Waals surface area contributed by atoms with Crippen LogP contribution in [0.3, 0.4) is 0 Å². The van der Waals surface area contributed by atoms with Crippen molar-refractivity contribution in [1.82, 2.24) is 25.1 Å². The molecule has 3 fully saturated rings. The molecule has 0 radical (unpaired) electrons. The summed E-state index contributed by atoms with van der Waals surface area (Å²) in [6, 6.07) is 1.59. The average Bonchev–Trinajstić information content (AvgIpc) is 3.10. The van der Waals surface area contributed by atoms with Crippen molar-refractivity contribution < 1.29 is 9.53 Å². The quantitative estimate of drug-likeness (QED) is 0.854. The van der Waals surface area contributed by atoms with Crippen LogP contribution in [0.5, 0.6) is 0 Å². The van der Waals surface area contributed by atoms with E-state index in [0.29, 0.717) is 35.8 Å². The lowest BCUT2D eigenvalue weighted by Crippen LogP contribution is -2.49. The Morgan fingerprint density at radius 2 is 2.04 bits per heavy atom. The Morgan fingerprint density at radius 3 is 2.74 bits per heavy atom. The van der Waals surface area contributed by atoms with Crippen LogP contribution < -0.4 is 5.32 Å². The molecule has 148 valence electrons. The number of carbonyl (C=O) groups excluding carboxylic acids is 1. The van der Waals surface area contributed by atoms with Gasteiger partial charge in [0.25, 0.3) is 5.91 Å². The van der Waals surface area contributed by atoms with Gasteiger partial charge in [-0.15, -0.1) is 0 Å². The highest BCUT2D eigenvalue weighted by Gasteiger charge is 2.39. The minimum atomic E-state index is -0.00331. The first-order valence-corrected chi connectivity index (χ1v) is 10.3. The van der Waals surface area contributed by atoms with Gasteiger partial charge in [-0.2, -0.15) is 0 Å². The Kier molecular flexibility index (Phi) is 5.71. The van der Waals surface area contributed by atoms with Crippen LogP contribution in [-0.4, -0.2) is 82.7 Å². The van der Waals surface area contributed by atoms with E-state index in [0.717, 1.165) is 45.6 Å². The molecule has 1 aromatic heterocycles. The standard InChI is InChI=1S/C20H31N5O2/c1-14(2)19-12-25-11-16(9-17(25)13-27-19)23-15-3-7-24(8-4-15)20(26)18-10-21-5-6-22-18/h5-6,10,14-17,19,23H,3-4,7-9,11-13H2,1-2H3/t16-,17+,19+/m1/s1. The maximum absolute atomic E-state index is 12.5. The molecular formula is C20H31N5O2. The van der Waals surface area contributed by atoms with Gasteiger partial charge in [-0.05, 0) is 25.2 Å². The Balaban J connectivity index is 1.24. The molecule has 3 saturated heterocycles. The molecule has 3 atom stereocenters. The summed E-state index contributed by atoms with van der Waals surface area (Å²) >= 11 is 0. The lowest BCUT2D eigenvalue weighted by atomic mass is 10.0. The molecule has 1 aromatic rings. The summed E-state index contributed by atoms with van der Waals surface area (Å²) in [6.45, 7) is 9.10. The molecule has 0 aromatic carbocycles. The van der Waals surface area contributed by atoms with Crippen molar-refractivity contribution in [2.45, 2.75) is 57.3 Å². The maximum Gasteiger partial charge on any atom is 0.274 e. The Bertz CT molecular complexity index is 633. The number of amides is 1. The number of fused-ring (bicyclic) bond motifs is 1. The summed E-state index contributed by atoms with van der Waals surface area (Å²) in [5, 5.41) is 3.85. The second kappa shape index (κ2) is 8.20. The topological polar surface area (TPSA) is 70.6 Å². The highest BCUT2D eigenvalue weighted by Crippen LogP contribution is 2.26. The van der Waals surface area contributed by atoms with Crippen LogP contribution in [0, 0.1) is 5.92 Å². The lowest BCUT2D eigenvalue weighted by Gasteiger charge is -2.36. The van der Waals surface area contributed by atoms with Gasteiger partial charge in [0, 0.05) is 56.7 Å². The molecule has 0 spiro atoms. The summed E-state index contributed by atoms with van der Waals surface area (Å²) in [5.74, 6) is 0.575. The number of aromatic nitrogens is 2. The maximum atomic E-state index is 12.5. The van der Waals surface area contributed by atoms with Crippen LogP contribution in [0.15, 0.2) is 18.6 Å². The van der Waals surface area contributed by atoms with Crippen molar-refractivity contribution >= 4 is 5.91 Å². The molecule has 7 heteroatoms. The van der Waals surface area contributed by atoms with Gasteiger partial charge >= 0.3 is 0 Å². The van der Waals surface area contributed by atoms with Gasteiger partial charge < -0.3 is 15.0 Å². The molecule has 0 unspecified atom stereocenters. The monoisotopic (exact) mass is 373 g/mol. The van der Waals surface area contributed by atoms with Crippen LogP contribution in [0.2, 0.25) is 0 Å². The second-order valence-electron chi connectivity index (χ2n) is 8.48. The zero-order chi connectivity index (χ0) is 18.8. The van der Waals surface area contributed by atoms with Crippen LogP contribution in [0.1, 0.15) is 43.6 Å². The van der Waals surface area contributed by atoms with E-state index in [1.165, 1.54) is 6.42 Å². The number of hydrogen-bond acceptors (Lipinski definition) is 6. The minimum Gasteiger partial charge on any atom is -0.375 e. The van der Waals surface area contributed by atoms with Gasteiger partial charge in [-0.25, -0.2) is 4.98 Å². The SMILES string of the molecule is CC(C)[C@@H]1CN2C[C@H](NC3CCN(C(=O)c4cnccn4)CC3)C[C@H]2CO1. The zero-order valence-electron chi connectivity index (χ0n) is 16.4. The number of ether oxygens (including phenoxy) is 1. The average molecular weight is 374 g/mol. The summed E-state index contributed by atoms with van der Waals surface area (Å²) in [4.78, 5) is 25.1. The predicted molar refractivity (Wildman–Crippen MR) is 102 cm³/mol. The minimum absolute atomic E-state index is 0.00331. The van der Waals surface area contributed by atoms with Crippen molar-refractivity contribution in [3.8, 4) is 0 Å². The molecule has 3 aliphatic rings. The molecule has 1 amide bonds. The Hall–Kier alpha value is -1.57. The molecule has 0 bridgehead atoms. The Labute approximate surface area is 161 Å². The molecule has 0 aliphatic carbocycles. The summed E-state index contributed by atoms with van der Waals surface area (Å²) in [6.07, 6.45) is 8.25. The predicted octanol–water partition coefficient (Wildman–Crippen LogP) is 1.17. The van der Waals surface area contributed by atoms with Crippen molar-refractivity contribution in [3.05, 3.63) is 24.3 Å². The number of nitrogens with one attached hydrogen (secondary N) is 1. The van der Waals surface area contributed by atoms with Crippen LogP contribution in [-0.2, 0) is 4.74 Å². The third kappa shape index (κ3) is 4.31. The highest BCUT2D eigenvalue weighted by molar-refractivity contribution is 5.92. The highest BCUT2D eigenvalue weighted by atomic mass is 16.5. The van der Waals surface area contributed by atoms with Crippen molar-refractivity contribution in [2.75, 3.05) is 32.8 Å². The molecular weight excluding hydrogens is 342 g/mol. The molecule has 7 nitrogen and oxygen atoms in total. The van der Waals surface area contributed by atoms with Crippen LogP contribution in [0.25, 0.3) is 0 Å². The number of rotatable bonds is 4. The lowest BCUT2D eigenvalue weighted by molar-refractivity contribution is -0.0683. The smallest absolute Gasteiger partial charge is 0.274 e. The van der Waals surface area contributed by atoms with E-state index in [-0.39, 0.29) is 5.91 Å². The Morgan fingerprint density at radius 1 is 1.22 bits per heavy atom. The van der Waals surface area contributed by atoms with Gasteiger partial charge in [0.15, 0.2) is 0 Å². The molecule has 4 rings (SSSR count). The van der Waals surface area contributed by atoms with E-state index in [9.17, 15) is 4.79 Å². The molecule has 3 aliphatic heterocycles. The normalized spacial score (nSPS) is 29.9. The number of likely N-dealkylation sites (tertiary alicyclic amines) is 1. The molecule has 27 heavy (non-hydrogen) atoms. The first kappa shape index (κ1) is 18.8. The van der Waals surface area contributed by atoms with E-state index >= 15 is 0 Å². The number of piperidine rings is 1. The van der Waals surface area contributed by atoms with Crippen LogP contribution in [0.4, 0.5) is 0 Å². The van der Waals surface area contributed by atoms with Gasteiger partial charge in [0.05, 0.1) is 18.9 Å². The fraction of sp³-hybridized carbons (Fsp3) is 0.750. The van der Waals surface area contributed by atoms with Crippen molar-refractivity contribution in [1.29, 1.82) is 0 Å². The first-order valence-electron chi connectivity index (χ1n) is 10.3. The third-order valence-electron chi connectivity index (χ3n) is 6.22. The van der Waals surface area contributed by atoms with E-state index in [4.69, 9.17) is 4.74 Å². The summed E-state index contributed by atoms with van der Waals surface area (Å²) in [7, 11) is 0. The number of hydrogen-bond donors (Lipinski definition) is 1. The number of nitrogens with zero attached hydrogens (tertiary/aromatic N) is 4. The fourth-order valence-electron chi connectivity index (χ4n) is 4.58. The number of morpholine rings is 1. The van der Waals surface area contributed by atoms with E-state index in [1.807, 2.05) is 4.90 Å². The van der Waals surface area contributed by atoms with Crippen molar-refractivity contribution in [3.63, 3.8) is 0 Å². The fourth-order valence-corrected chi connectivity index (χ4v) is 4.58.